The third-order valence-electron chi connectivity index (χ3n) is 5.92. The molecule has 0 radical (unpaired) electrons. The Balaban J connectivity index is 3.40. The molecule has 4 nitrogen and oxygen atoms in total. The third kappa shape index (κ3) is 21.6. The minimum Gasteiger partial charge on any atom is -0.481 e. The van der Waals surface area contributed by atoms with Crippen molar-refractivity contribution in [1.82, 2.24) is 0 Å². The number of ether oxygens (including phenoxy) is 1. The molecule has 0 amide bonds. The van der Waals surface area contributed by atoms with Crippen molar-refractivity contribution in [2.24, 2.45) is 5.92 Å². The number of unbranched alkanes of at least 4 members (excludes halogenated alkanes) is 15. The molecule has 0 aliphatic heterocycles. The lowest BCUT2D eigenvalue weighted by molar-refractivity contribution is -0.151. The number of esters is 1. The summed E-state index contributed by atoms with van der Waals surface area (Å²) in [6, 6.07) is 0. The van der Waals surface area contributed by atoms with Crippen LogP contribution in [0.25, 0.3) is 0 Å². The molecule has 0 fully saturated rings. The van der Waals surface area contributed by atoms with E-state index in [0.717, 1.165) is 19.3 Å². The molecule has 0 spiro atoms. The Bertz CT molecular complexity index is 484. The van der Waals surface area contributed by atoms with Crippen LogP contribution >= 0.6 is 0 Å². The summed E-state index contributed by atoms with van der Waals surface area (Å²) in [7, 11) is 0. The molecule has 1 unspecified atom stereocenters. The van der Waals surface area contributed by atoms with Crippen molar-refractivity contribution < 1.29 is 19.4 Å². The molecule has 0 aromatic carbocycles. The van der Waals surface area contributed by atoms with Gasteiger partial charge in [-0.15, -0.1) is 0 Å². The van der Waals surface area contributed by atoms with E-state index in [0.29, 0.717) is 6.42 Å². The largest absolute Gasteiger partial charge is 0.481 e. The van der Waals surface area contributed by atoms with E-state index in [1.165, 1.54) is 96.0 Å². The molecule has 0 saturated heterocycles. The fourth-order valence-corrected chi connectivity index (χ4v) is 3.90. The Labute approximate surface area is 197 Å². The van der Waals surface area contributed by atoms with E-state index < -0.39 is 17.9 Å². The molecule has 32 heavy (non-hydrogen) atoms. The maximum atomic E-state index is 11.6. The highest BCUT2D eigenvalue weighted by molar-refractivity contribution is 5.78. The normalized spacial score (nSPS) is 12.2. The SMILES string of the molecule is C=CCOC(=O)CC(CCCCCCCCCCCCCCCC/C=C/CCC)C(=O)O. The second-order valence-corrected chi connectivity index (χ2v) is 9.00. The van der Waals surface area contributed by atoms with Crippen LogP contribution in [-0.2, 0) is 14.3 Å². The first-order valence-electron chi connectivity index (χ1n) is 13.3. The fourth-order valence-electron chi connectivity index (χ4n) is 3.90. The molecule has 1 N–H and O–H groups in total. The van der Waals surface area contributed by atoms with Crippen molar-refractivity contribution in [3.05, 3.63) is 24.8 Å². The monoisotopic (exact) mass is 450 g/mol. The summed E-state index contributed by atoms with van der Waals surface area (Å²) in [5.41, 5.74) is 0. The Hall–Kier alpha value is -1.58. The third-order valence-corrected chi connectivity index (χ3v) is 5.92. The smallest absolute Gasteiger partial charge is 0.307 e. The first-order valence-corrected chi connectivity index (χ1v) is 13.3. The molecule has 0 aliphatic rings. The average Bonchev–Trinajstić information content (AvgIpc) is 2.78. The number of aliphatic carboxylic acids is 1. The van der Waals surface area contributed by atoms with Crippen molar-refractivity contribution in [2.45, 2.75) is 129 Å². The Kier molecular flexibility index (Phi) is 22.9. The lowest BCUT2D eigenvalue weighted by atomic mass is 9.97. The number of hydrogen-bond donors (Lipinski definition) is 1. The first kappa shape index (κ1) is 30.4. The van der Waals surface area contributed by atoms with Crippen LogP contribution in [0.3, 0.4) is 0 Å². The summed E-state index contributed by atoms with van der Waals surface area (Å²) >= 11 is 0. The predicted octanol–water partition coefficient (Wildman–Crippen LogP) is 8.40. The number of allylic oxidation sites excluding steroid dienone is 2. The van der Waals surface area contributed by atoms with Gasteiger partial charge in [-0.1, -0.05) is 122 Å². The lowest BCUT2D eigenvalue weighted by Crippen LogP contribution is -2.19. The number of hydrogen-bond acceptors (Lipinski definition) is 3. The second kappa shape index (κ2) is 24.1. The van der Waals surface area contributed by atoms with Crippen LogP contribution in [0.4, 0.5) is 0 Å². The molecule has 0 rings (SSSR count). The molecule has 0 aromatic rings. The topological polar surface area (TPSA) is 63.6 Å². The van der Waals surface area contributed by atoms with Gasteiger partial charge in [-0.05, 0) is 25.7 Å². The number of carbonyl (C=O) groups is 2. The zero-order chi connectivity index (χ0) is 23.7. The van der Waals surface area contributed by atoms with E-state index in [4.69, 9.17) is 4.74 Å². The zero-order valence-corrected chi connectivity index (χ0v) is 20.8. The van der Waals surface area contributed by atoms with Crippen LogP contribution in [0.1, 0.15) is 129 Å². The molecule has 4 heteroatoms. The van der Waals surface area contributed by atoms with Crippen LogP contribution in [0.2, 0.25) is 0 Å². The first-order chi connectivity index (χ1) is 15.6. The highest BCUT2D eigenvalue weighted by Gasteiger charge is 2.21. The number of rotatable bonds is 24. The Morgan fingerprint density at radius 2 is 1.25 bits per heavy atom. The molecular weight excluding hydrogens is 400 g/mol. The maximum Gasteiger partial charge on any atom is 0.307 e. The van der Waals surface area contributed by atoms with Gasteiger partial charge in [0.25, 0.3) is 0 Å². The van der Waals surface area contributed by atoms with Gasteiger partial charge in [0.2, 0.25) is 0 Å². The number of carboxylic acids is 1. The molecule has 0 heterocycles. The van der Waals surface area contributed by atoms with Crippen LogP contribution in [0.15, 0.2) is 24.8 Å². The van der Waals surface area contributed by atoms with Gasteiger partial charge in [0.15, 0.2) is 0 Å². The van der Waals surface area contributed by atoms with Gasteiger partial charge in [0.05, 0.1) is 12.3 Å². The van der Waals surface area contributed by atoms with Crippen molar-refractivity contribution in [1.29, 1.82) is 0 Å². The van der Waals surface area contributed by atoms with Crippen LogP contribution in [0.5, 0.6) is 0 Å². The van der Waals surface area contributed by atoms with Gasteiger partial charge in [0.1, 0.15) is 6.61 Å². The van der Waals surface area contributed by atoms with E-state index in [9.17, 15) is 14.7 Å². The van der Waals surface area contributed by atoms with Crippen LogP contribution in [0, 0.1) is 5.92 Å². The highest BCUT2D eigenvalue weighted by atomic mass is 16.5. The van der Waals surface area contributed by atoms with Gasteiger partial charge in [0, 0.05) is 0 Å². The minimum atomic E-state index is -0.903. The Morgan fingerprint density at radius 3 is 1.72 bits per heavy atom. The summed E-state index contributed by atoms with van der Waals surface area (Å²) in [5, 5.41) is 9.27. The molecular formula is C28H50O4. The molecule has 0 bridgehead atoms. The molecule has 186 valence electrons. The summed E-state index contributed by atoms with van der Waals surface area (Å²) in [6.45, 7) is 5.85. The summed E-state index contributed by atoms with van der Waals surface area (Å²) in [5.74, 6) is -1.98. The van der Waals surface area contributed by atoms with Crippen molar-refractivity contribution in [3.63, 3.8) is 0 Å². The van der Waals surface area contributed by atoms with E-state index >= 15 is 0 Å². The van der Waals surface area contributed by atoms with Gasteiger partial charge >= 0.3 is 11.9 Å². The maximum absolute atomic E-state index is 11.6. The number of carboxylic acid groups (broad SMARTS) is 1. The van der Waals surface area contributed by atoms with Gasteiger partial charge in [-0.3, -0.25) is 9.59 Å². The van der Waals surface area contributed by atoms with Gasteiger partial charge in [-0.25, -0.2) is 0 Å². The van der Waals surface area contributed by atoms with Crippen molar-refractivity contribution in [3.8, 4) is 0 Å². The van der Waals surface area contributed by atoms with E-state index in [-0.39, 0.29) is 13.0 Å². The summed E-state index contributed by atoms with van der Waals surface area (Å²) in [4.78, 5) is 22.9. The van der Waals surface area contributed by atoms with Crippen molar-refractivity contribution >= 4 is 11.9 Å². The minimum absolute atomic E-state index is 0.0421. The van der Waals surface area contributed by atoms with E-state index in [1.807, 2.05) is 0 Å². The molecule has 0 aromatic heterocycles. The van der Waals surface area contributed by atoms with Crippen LogP contribution in [-0.4, -0.2) is 23.7 Å². The lowest BCUT2D eigenvalue weighted by Gasteiger charge is -2.11. The summed E-state index contributed by atoms with van der Waals surface area (Å²) < 4.78 is 4.89. The van der Waals surface area contributed by atoms with Gasteiger partial charge < -0.3 is 9.84 Å². The number of carbonyl (C=O) groups excluding carboxylic acids is 1. The van der Waals surface area contributed by atoms with Crippen molar-refractivity contribution in [2.75, 3.05) is 6.61 Å². The van der Waals surface area contributed by atoms with E-state index in [2.05, 4.69) is 25.7 Å². The Morgan fingerprint density at radius 1 is 0.781 bits per heavy atom. The predicted molar refractivity (Wildman–Crippen MR) is 135 cm³/mol. The zero-order valence-electron chi connectivity index (χ0n) is 20.8. The molecule has 0 aliphatic carbocycles. The average molecular weight is 451 g/mol. The second-order valence-electron chi connectivity index (χ2n) is 9.00. The van der Waals surface area contributed by atoms with Gasteiger partial charge in [-0.2, -0.15) is 0 Å². The standard InChI is InChI=1S/C28H50O4/c1-3-5-6-7-8-9-10-11-12-13-14-15-16-17-18-19-20-21-22-23-26(28(30)31)25-27(29)32-24-4-2/h4,6-7,26H,2-3,5,8-25H2,1H3,(H,30,31)/b7-6+. The molecule has 0 saturated carbocycles. The fraction of sp³-hybridized carbons (Fsp3) is 0.786. The highest BCUT2D eigenvalue weighted by Crippen LogP contribution is 2.17. The quantitative estimate of drug-likeness (QED) is 0.0910. The molecule has 1 atom stereocenters. The summed E-state index contributed by atoms with van der Waals surface area (Å²) in [6.07, 6.45) is 28.3. The van der Waals surface area contributed by atoms with E-state index in [1.54, 1.807) is 0 Å². The van der Waals surface area contributed by atoms with Crippen LogP contribution < -0.4 is 0 Å².